The van der Waals surface area contributed by atoms with Gasteiger partial charge in [0.15, 0.2) is 0 Å². The Bertz CT molecular complexity index is 933. The number of carbonyl (C=O) groups excluding carboxylic acids is 1. The van der Waals surface area contributed by atoms with Crippen molar-refractivity contribution in [1.29, 1.82) is 0 Å². The number of carbonyl (C=O) groups is 1. The van der Waals surface area contributed by atoms with Gasteiger partial charge in [-0.3, -0.25) is 4.79 Å². The van der Waals surface area contributed by atoms with E-state index in [2.05, 4.69) is 48.7 Å². The van der Waals surface area contributed by atoms with E-state index in [1.807, 2.05) is 12.1 Å². The van der Waals surface area contributed by atoms with E-state index in [4.69, 9.17) is 0 Å². The molecule has 1 aliphatic rings. The summed E-state index contributed by atoms with van der Waals surface area (Å²) < 4.78 is 0. The SMILES string of the molecule is CCCCCCCC/C=C\CCCCCCCC(=O)N[C@@H]1c2ccccc2CC[C@H]1c1ccc(O)cc1. The molecule has 1 aliphatic carbocycles. The van der Waals surface area contributed by atoms with E-state index in [0.29, 0.717) is 6.42 Å². The van der Waals surface area contributed by atoms with Gasteiger partial charge in [-0.15, -0.1) is 0 Å². The highest BCUT2D eigenvalue weighted by atomic mass is 16.3. The van der Waals surface area contributed by atoms with Crippen LogP contribution in [-0.4, -0.2) is 11.0 Å². The second kappa shape index (κ2) is 17.1. The average molecular weight is 504 g/mol. The van der Waals surface area contributed by atoms with Crippen LogP contribution in [0.15, 0.2) is 60.7 Å². The molecule has 3 rings (SSSR count). The largest absolute Gasteiger partial charge is 0.508 e. The number of unbranched alkanes of at least 4 members (excludes halogenated alkanes) is 11. The molecule has 3 heteroatoms. The van der Waals surface area contributed by atoms with Crippen molar-refractivity contribution < 1.29 is 9.90 Å². The van der Waals surface area contributed by atoms with Crippen LogP contribution in [0.4, 0.5) is 0 Å². The van der Waals surface area contributed by atoms with Crippen LogP contribution < -0.4 is 5.32 Å². The van der Waals surface area contributed by atoms with Crippen LogP contribution in [0.5, 0.6) is 5.75 Å². The zero-order valence-corrected chi connectivity index (χ0v) is 23.1. The Balaban J connectivity index is 1.32. The van der Waals surface area contributed by atoms with Gasteiger partial charge in [0, 0.05) is 12.3 Å². The normalized spacial score (nSPS) is 17.1. The second-order valence-corrected chi connectivity index (χ2v) is 10.8. The molecule has 0 bridgehead atoms. The minimum atomic E-state index is -0.00915. The monoisotopic (exact) mass is 503 g/mol. The smallest absolute Gasteiger partial charge is 0.220 e. The minimum absolute atomic E-state index is 0.00915. The van der Waals surface area contributed by atoms with E-state index in [9.17, 15) is 9.90 Å². The molecule has 2 aromatic rings. The van der Waals surface area contributed by atoms with Crippen molar-refractivity contribution in [2.75, 3.05) is 0 Å². The molecule has 0 saturated carbocycles. The summed E-state index contributed by atoms with van der Waals surface area (Å²) in [5, 5.41) is 13.1. The highest BCUT2D eigenvalue weighted by molar-refractivity contribution is 5.76. The summed E-state index contributed by atoms with van der Waals surface area (Å²) in [6.07, 6.45) is 23.8. The van der Waals surface area contributed by atoms with Gasteiger partial charge in [-0.1, -0.05) is 107 Å². The molecule has 202 valence electrons. The second-order valence-electron chi connectivity index (χ2n) is 10.8. The molecule has 0 unspecified atom stereocenters. The zero-order valence-electron chi connectivity index (χ0n) is 23.1. The van der Waals surface area contributed by atoms with Crippen molar-refractivity contribution in [3.63, 3.8) is 0 Å². The summed E-state index contributed by atoms with van der Waals surface area (Å²) in [5.74, 6) is 0.668. The lowest BCUT2D eigenvalue weighted by Gasteiger charge is -2.34. The third-order valence-corrected chi connectivity index (χ3v) is 7.82. The molecule has 2 aromatic carbocycles. The first kappa shape index (κ1) is 29.0. The molecule has 37 heavy (non-hydrogen) atoms. The number of aromatic hydroxyl groups is 1. The molecule has 2 N–H and O–H groups in total. The Hall–Kier alpha value is -2.55. The molecule has 0 heterocycles. The van der Waals surface area contributed by atoms with Crippen molar-refractivity contribution in [2.24, 2.45) is 0 Å². The molecular weight excluding hydrogens is 454 g/mol. The fraction of sp³-hybridized carbons (Fsp3) is 0.559. The Labute approximate surface area is 225 Å². The number of aryl methyl sites for hydroxylation is 1. The first-order valence-electron chi connectivity index (χ1n) is 15.0. The maximum absolute atomic E-state index is 12.9. The number of phenolic OH excluding ortho intramolecular Hbond substituents is 1. The lowest BCUT2D eigenvalue weighted by Crippen LogP contribution is -2.35. The fourth-order valence-electron chi connectivity index (χ4n) is 5.62. The number of hydrogen-bond acceptors (Lipinski definition) is 2. The topological polar surface area (TPSA) is 49.3 Å². The third kappa shape index (κ3) is 10.4. The summed E-state index contributed by atoms with van der Waals surface area (Å²) >= 11 is 0. The highest BCUT2D eigenvalue weighted by Crippen LogP contribution is 2.41. The molecular formula is C34H49NO2. The first-order valence-corrected chi connectivity index (χ1v) is 15.0. The molecule has 3 nitrogen and oxygen atoms in total. The summed E-state index contributed by atoms with van der Waals surface area (Å²) in [7, 11) is 0. The Morgan fingerprint density at radius 2 is 1.46 bits per heavy atom. The number of phenols is 1. The summed E-state index contributed by atoms with van der Waals surface area (Å²) in [6.45, 7) is 2.27. The molecule has 0 fully saturated rings. The van der Waals surface area contributed by atoms with Gasteiger partial charge < -0.3 is 10.4 Å². The van der Waals surface area contributed by atoms with Crippen molar-refractivity contribution >= 4 is 5.91 Å². The fourth-order valence-corrected chi connectivity index (χ4v) is 5.62. The predicted molar refractivity (Wildman–Crippen MR) is 156 cm³/mol. The van der Waals surface area contributed by atoms with Gasteiger partial charge >= 0.3 is 0 Å². The number of hydrogen-bond donors (Lipinski definition) is 2. The van der Waals surface area contributed by atoms with Gasteiger partial charge in [0.05, 0.1) is 6.04 Å². The number of allylic oxidation sites excluding steroid dienone is 2. The van der Waals surface area contributed by atoms with Crippen molar-refractivity contribution in [3.05, 3.63) is 77.4 Å². The predicted octanol–water partition coefficient (Wildman–Crippen LogP) is 9.32. The Morgan fingerprint density at radius 3 is 2.16 bits per heavy atom. The number of rotatable bonds is 17. The summed E-state index contributed by atoms with van der Waals surface area (Å²) in [4.78, 5) is 12.9. The molecule has 0 saturated heterocycles. The van der Waals surface area contributed by atoms with Gasteiger partial charge in [0.25, 0.3) is 0 Å². The molecule has 2 atom stereocenters. The lowest BCUT2D eigenvalue weighted by atomic mass is 9.76. The molecule has 0 aliphatic heterocycles. The van der Waals surface area contributed by atoms with Gasteiger partial charge in [0.2, 0.25) is 5.91 Å². The first-order chi connectivity index (χ1) is 18.2. The number of fused-ring (bicyclic) bond motifs is 1. The van der Waals surface area contributed by atoms with E-state index in [-0.39, 0.29) is 23.6 Å². The number of nitrogens with one attached hydrogen (secondary N) is 1. The van der Waals surface area contributed by atoms with Gasteiger partial charge in [-0.2, -0.15) is 0 Å². The van der Waals surface area contributed by atoms with E-state index in [1.165, 1.54) is 87.3 Å². The lowest BCUT2D eigenvalue weighted by molar-refractivity contribution is -0.122. The van der Waals surface area contributed by atoms with Crippen molar-refractivity contribution in [2.45, 2.75) is 122 Å². The van der Waals surface area contributed by atoms with Gasteiger partial charge in [0.1, 0.15) is 5.75 Å². The third-order valence-electron chi connectivity index (χ3n) is 7.82. The van der Waals surface area contributed by atoms with Crippen LogP contribution in [0, 0.1) is 0 Å². The van der Waals surface area contributed by atoms with Gasteiger partial charge in [-0.05, 0) is 73.8 Å². The van der Waals surface area contributed by atoms with Crippen LogP contribution in [0.25, 0.3) is 0 Å². The number of benzene rings is 2. The van der Waals surface area contributed by atoms with E-state index in [1.54, 1.807) is 12.1 Å². The van der Waals surface area contributed by atoms with E-state index in [0.717, 1.165) is 25.7 Å². The molecule has 0 radical (unpaired) electrons. The molecule has 0 spiro atoms. The maximum atomic E-state index is 12.9. The van der Waals surface area contributed by atoms with Crippen LogP contribution in [-0.2, 0) is 11.2 Å². The Kier molecular flexibility index (Phi) is 13.4. The Morgan fingerprint density at radius 1 is 0.838 bits per heavy atom. The van der Waals surface area contributed by atoms with Crippen LogP contribution in [0.3, 0.4) is 0 Å². The number of amides is 1. The van der Waals surface area contributed by atoms with E-state index >= 15 is 0 Å². The van der Waals surface area contributed by atoms with Crippen LogP contribution >= 0.6 is 0 Å². The molecule has 1 amide bonds. The standard InChI is InChI=1S/C34H49NO2/c1-2-3-4-5-6-7-8-9-10-11-12-13-14-15-16-21-33(37)35-34-31-20-18-17-19-28(31)24-27-32(34)29-22-25-30(36)26-23-29/h9-10,17-20,22-23,25-26,32,34,36H,2-8,11-16,21,24,27H2,1H3,(H,35,37)/b10-9-/t32-,34+/m0/s1. The van der Waals surface area contributed by atoms with Crippen LogP contribution in [0.1, 0.15) is 132 Å². The van der Waals surface area contributed by atoms with Crippen molar-refractivity contribution in [3.8, 4) is 5.75 Å². The molecule has 0 aromatic heterocycles. The summed E-state index contributed by atoms with van der Waals surface area (Å²) in [5.41, 5.74) is 3.76. The minimum Gasteiger partial charge on any atom is -0.508 e. The summed E-state index contributed by atoms with van der Waals surface area (Å²) in [6, 6.07) is 16.0. The highest BCUT2D eigenvalue weighted by Gasteiger charge is 2.31. The van der Waals surface area contributed by atoms with Crippen molar-refractivity contribution in [1.82, 2.24) is 5.32 Å². The maximum Gasteiger partial charge on any atom is 0.220 e. The van der Waals surface area contributed by atoms with Crippen LogP contribution in [0.2, 0.25) is 0 Å². The van der Waals surface area contributed by atoms with E-state index < -0.39 is 0 Å². The average Bonchev–Trinajstić information content (AvgIpc) is 2.91. The zero-order chi connectivity index (χ0) is 26.1. The quantitative estimate of drug-likeness (QED) is 0.167. The van der Waals surface area contributed by atoms with Gasteiger partial charge in [-0.25, -0.2) is 0 Å².